The third-order valence-electron chi connectivity index (χ3n) is 2.86. The van der Waals surface area contributed by atoms with E-state index in [4.69, 9.17) is 15.6 Å². The summed E-state index contributed by atoms with van der Waals surface area (Å²) in [5, 5.41) is 9.14. The lowest BCUT2D eigenvalue weighted by Crippen LogP contribution is -2.05. The summed E-state index contributed by atoms with van der Waals surface area (Å²) >= 11 is 0. The molecule has 0 bridgehead atoms. The van der Waals surface area contributed by atoms with E-state index in [0.29, 0.717) is 0 Å². The van der Waals surface area contributed by atoms with E-state index in [1.54, 1.807) is 7.11 Å². The van der Waals surface area contributed by atoms with Crippen molar-refractivity contribution in [3.63, 3.8) is 0 Å². The molecule has 3 nitrogen and oxygen atoms in total. The van der Waals surface area contributed by atoms with E-state index < -0.39 is 0 Å². The van der Waals surface area contributed by atoms with Gasteiger partial charge in [-0.05, 0) is 24.0 Å². The monoisotopic (exact) mass is 193 g/mol. The maximum absolute atomic E-state index is 9.14. The number of methoxy groups -OCH3 is 1. The standard InChI is InChI=1S/C11H15NO2/c1-14-11-7(6-13)2-3-8-9(11)4-5-10(8)12/h2-3,10,13H,4-6,12H2,1H3/t10-/m0/s1. The van der Waals surface area contributed by atoms with Crippen LogP contribution in [0.1, 0.15) is 29.2 Å². The van der Waals surface area contributed by atoms with Crippen molar-refractivity contribution in [2.75, 3.05) is 7.11 Å². The van der Waals surface area contributed by atoms with Crippen LogP contribution in [0.4, 0.5) is 0 Å². The van der Waals surface area contributed by atoms with Crippen LogP contribution in [-0.4, -0.2) is 12.2 Å². The Labute approximate surface area is 83.5 Å². The zero-order valence-electron chi connectivity index (χ0n) is 8.29. The predicted molar refractivity (Wildman–Crippen MR) is 54.2 cm³/mol. The van der Waals surface area contributed by atoms with Crippen molar-refractivity contribution >= 4 is 0 Å². The molecule has 1 aromatic rings. The first kappa shape index (κ1) is 9.49. The second kappa shape index (κ2) is 3.59. The molecule has 0 heterocycles. The Bertz CT molecular complexity index is 349. The second-order valence-electron chi connectivity index (χ2n) is 3.63. The Morgan fingerprint density at radius 2 is 2.36 bits per heavy atom. The summed E-state index contributed by atoms with van der Waals surface area (Å²) in [6.07, 6.45) is 1.92. The maximum Gasteiger partial charge on any atom is 0.127 e. The number of aliphatic hydroxyl groups is 1. The Morgan fingerprint density at radius 3 is 3.00 bits per heavy atom. The molecule has 0 aliphatic heterocycles. The van der Waals surface area contributed by atoms with Crippen LogP contribution in [-0.2, 0) is 13.0 Å². The molecule has 1 aliphatic carbocycles. The van der Waals surface area contributed by atoms with Crippen molar-refractivity contribution in [2.45, 2.75) is 25.5 Å². The Morgan fingerprint density at radius 1 is 1.57 bits per heavy atom. The van der Waals surface area contributed by atoms with Crippen molar-refractivity contribution in [2.24, 2.45) is 5.73 Å². The summed E-state index contributed by atoms with van der Waals surface area (Å²) in [6, 6.07) is 4.02. The maximum atomic E-state index is 9.14. The van der Waals surface area contributed by atoms with Gasteiger partial charge in [0.1, 0.15) is 5.75 Å². The van der Waals surface area contributed by atoms with Gasteiger partial charge < -0.3 is 15.6 Å². The van der Waals surface area contributed by atoms with Gasteiger partial charge in [0.05, 0.1) is 13.7 Å². The highest BCUT2D eigenvalue weighted by molar-refractivity contribution is 5.49. The summed E-state index contributed by atoms with van der Waals surface area (Å²) in [6.45, 7) is 0.0195. The number of aliphatic hydroxyl groups excluding tert-OH is 1. The zero-order chi connectivity index (χ0) is 10.1. The number of hydrogen-bond acceptors (Lipinski definition) is 3. The fourth-order valence-electron chi connectivity index (χ4n) is 2.13. The quantitative estimate of drug-likeness (QED) is 0.740. The molecule has 1 aromatic carbocycles. The van der Waals surface area contributed by atoms with E-state index in [9.17, 15) is 0 Å². The van der Waals surface area contributed by atoms with Crippen LogP contribution in [0.2, 0.25) is 0 Å². The zero-order valence-corrected chi connectivity index (χ0v) is 8.29. The van der Waals surface area contributed by atoms with Gasteiger partial charge in [0, 0.05) is 11.6 Å². The summed E-state index contributed by atoms with van der Waals surface area (Å²) in [4.78, 5) is 0. The van der Waals surface area contributed by atoms with Gasteiger partial charge >= 0.3 is 0 Å². The third-order valence-corrected chi connectivity index (χ3v) is 2.86. The molecule has 3 heteroatoms. The van der Waals surface area contributed by atoms with Crippen LogP contribution >= 0.6 is 0 Å². The lowest BCUT2D eigenvalue weighted by atomic mass is 10.0. The Kier molecular flexibility index (Phi) is 2.44. The first-order valence-electron chi connectivity index (χ1n) is 4.83. The molecular formula is C11H15NO2. The van der Waals surface area contributed by atoms with Gasteiger partial charge in [-0.1, -0.05) is 12.1 Å². The molecular weight excluding hydrogens is 178 g/mol. The van der Waals surface area contributed by atoms with Crippen LogP contribution in [0.5, 0.6) is 5.75 Å². The normalized spacial score (nSPS) is 19.5. The van der Waals surface area contributed by atoms with Crippen molar-refractivity contribution in [3.8, 4) is 5.75 Å². The lowest BCUT2D eigenvalue weighted by Gasteiger charge is -2.12. The average Bonchev–Trinajstić information content (AvgIpc) is 2.59. The van der Waals surface area contributed by atoms with E-state index in [-0.39, 0.29) is 12.6 Å². The molecule has 0 unspecified atom stereocenters. The molecule has 0 spiro atoms. The van der Waals surface area contributed by atoms with E-state index >= 15 is 0 Å². The van der Waals surface area contributed by atoms with Gasteiger partial charge in [-0.2, -0.15) is 0 Å². The second-order valence-corrected chi connectivity index (χ2v) is 3.63. The third kappa shape index (κ3) is 1.29. The summed E-state index contributed by atoms with van der Waals surface area (Å²) < 4.78 is 5.31. The molecule has 0 saturated carbocycles. The molecule has 76 valence electrons. The van der Waals surface area contributed by atoms with E-state index in [2.05, 4.69) is 0 Å². The smallest absolute Gasteiger partial charge is 0.127 e. The predicted octanol–water partition coefficient (Wildman–Crippen LogP) is 1.13. The minimum atomic E-state index is 0.0195. The van der Waals surface area contributed by atoms with Crippen LogP contribution in [0.3, 0.4) is 0 Å². The van der Waals surface area contributed by atoms with E-state index in [1.807, 2.05) is 12.1 Å². The first-order valence-corrected chi connectivity index (χ1v) is 4.83. The Hall–Kier alpha value is -1.06. The molecule has 0 fully saturated rings. The van der Waals surface area contributed by atoms with Crippen LogP contribution < -0.4 is 10.5 Å². The van der Waals surface area contributed by atoms with Gasteiger partial charge in [-0.25, -0.2) is 0 Å². The van der Waals surface area contributed by atoms with E-state index in [1.165, 1.54) is 11.1 Å². The molecule has 1 aliphatic rings. The fraction of sp³-hybridized carbons (Fsp3) is 0.455. The van der Waals surface area contributed by atoms with Gasteiger partial charge in [-0.3, -0.25) is 0 Å². The van der Waals surface area contributed by atoms with Crippen molar-refractivity contribution in [3.05, 3.63) is 28.8 Å². The molecule has 0 saturated heterocycles. The largest absolute Gasteiger partial charge is 0.496 e. The van der Waals surface area contributed by atoms with Gasteiger partial charge in [0.2, 0.25) is 0 Å². The average molecular weight is 193 g/mol. The number of ether oxygens (including phenoxy) is 1. The van der Waals surface area contributed by atoms with Crippen molar-refractivity contribution in [1.82, 2.24) is 0 Å². The van der Waals surface area contributed by atoms with Crippen LogP contribution in [0.25, 0.3) is 0 Å². The molecule has 3 N–H and O–H groups in total. The highest BCUT2D eigenvalue weighted by Crippen LogP contribution is 2.37. The highest BCUT2D eigenvalue weighted by Gasteiger charge is 2.23. The minimum absolute atomic E-state index is 0.0195. The summed E-state index contributed by atoms with van der Waals surface area (Å²) in [7, 11) is 1.64. The molecule has 0 radical (unpaired) electrons. The SMILES string of the molecule is COc1c(CO)ccc2c1CC[C@@H]2N. The number of benzene rings is 1. The Balaban J connectivity index is 2.54. The minimum Gasteiger partial charge on any atom is -0.496 e. The summed E-state index contributed by atoms with van der Waals surface area (Å²) in [5.41, 5.74) is 9.13. The lowest BCUT2D eigenvalue weighted by molar-refractivity contribution is 0.273. The fourth-order valence-corrected chi connectivity index (χ4v) is 2.13. The summed E-state index contributed by atoms with van der Waals surface area (Å²) in [5.74, 6) is 0.818. The van der Waals surface area contributed by atoms with Gasteiger partial charge in [-0.15, -0.1) is 0 Å². The van der Waals surface area contributed by atoms with E-state index in [0.717, 1.165) is 24.2 Å². The molecule has 2 rings (SSSR count). The highest BCUT2D eigenvalue weighted by atomic mass is 16.5. The molecule has 0 amide bonds. The molecule has 14 heavy (non-hydrogen) atoms. The number of hydrogen-bond donors (Lipinski definition) is 2. The number of rotatable bonds is 2. The van der Waals surface area contributed by atoms with Crippen molar-refractivity contribution in [1.29, 1.82) is 0 Å². The topological polar surface area (TPSA) is 55.5 Å². The number of nitrogens with two attached hydrogens (primary N) is 1. The van der Waals surface area contributed by atoms with Gasteiger partial charge in [0.15, 0.2) is 0 Å². The van der Waals surface area contributed by atoms with Crippen molar-refractivity contribution < 1.29 is 9.84 Å². The molecule has 0 aromatic heterocycles. The van der Waals surface area contributed by atoms with Crippen LogP contribution in [0.15, 0.2) is 12.1 Å². The molecule has 1 atom stereocenters. The van der Waals surface area contributed by atoms with Crippen LogP contribution in [0, 0.1) is 0 Å². The number of fused-ring (bicyclic) bond motifs is 1. The van der Waals surface area contributed by atoms with Gasteiger partial charge in [0.25, 0.3) is 0 Å². The first-order chi connectivity index (χ1) is 6.77.